The van der Waals surface area contributed by atoms with E-state index in [9.17, 15) is 4.79 Å². The van der Waals surface area contributed by atoms with Gasteiger partial charge in [-0.25, -0.2) is 0 Å². The summed E-state index contributed by atoms with van der Waals surface area (Å²) in [6.07, 6.45) is 5.49. The van der Waals surface area contributed by atoms with E-state index in [0.29, 0.717) is 18.6 Å². The summed E-state index contributed by atoms with van der Waals surface area (Å²) in [7, 11) is 0. The first-order valence-corrected chi connectivity index (χ1v) is 9.76. The largest absolute Gasteiger partial charge is 0.396 e. The number of rotatable bonds is 4. The van der Waals surface area contributed by atoms with E-state index in [1.165, 1.54) is 11.3 Å². The molecule has 2 saturated heterocycles. The third-order valence-electron chi connectivity index (χ3n) is 6.15. The van der Waals surface area contributed by atoms with Crippen LogP contribution in [0.2, 0.25) is 0 Å². The van der Waals surface area contributed by atoms with Crippen LogP contribution in [0, 0.1) is 5.92 Å². The van der Waals surface area contributed by atoms with Gasteiger partial charge in [-0.3, -0.25) is 4.79 Å². The first kappa shape index (κ1) is 16.9. The van der Waals surface area contributed by atoms with E-state index < -0.39 is 0 Å². The number of fused-ring (bicyclic) bond motifs is 1. The first-order chi connectivity index (χ1) is 12.3. The van der Waals surface area contributed by atoms with Crippen LogP contribution < -0.4 is 10.2 Å². The lowest BCUT2D eigenvalue weighted by molar-refractivity contribution is 0.0674. The van der Waals surface area contributed by atoms with Crippen LogP contribution >= 0.6 is 0 Å². The minimum Gasteiger partial charge on any atom is -0.396 e. The smallest absolute Gasteiger partial charge is 0.254 e. The van der Waals surface area contributed by atoms with E-state index in [0.717, 1.165) is 70.4 Å². The molecular weight excluding hydrogens is 314 g/mol. The van der Waals surface area contributed by atoms with Crippen molar-refractivity contribution < 1.29 is 9.90 Å². The maximum Gasteiger partial charge on any atom is 0.254 e. The normalized spacial score (nSPS) is 24.7. The second kappa shape index (κ2) is 7.34. The molecule has 3 heterocycles. The van der Waals surface area contributed by atoms with Crippen molar-refractivity contribution in [2.75, 3.05) is 37.7 Å². The monoisotopic (exact) mass is 343 g/mol. The third-order valence-corrected chi connectivity index (χ3v) is 6.15. The van der Waals surface area contributed by atoms with Gasteiger partial charge in [-0.2, -0.15) is 0 Å². The van der Waals surface area contributed by atoms with E-state index in [1.54, 1.807) is 0 Å². The molecule has 4 rings (SSSR count). The summed E-state index contributed by atoms with van der Waals surface area (Å²) in [5.74, 6) is 0.864. The number of nitrogens with zero attached hydrogens (tertiary/aromatic N) is 2. The molecule has 3 aliphatic rings. The molecule has 0 spiro atoms. The van der Waals surface area contributed by atoms with Crippen molar-refractivity contribution in [1.82, 2.24) is 10.2 Å². The molecule has 1 amide bonds. The van der Waals surface area contributed by atoms with E-state index in [1.807, 2.05) is 6.07 Å². The Labute approximate surface area is 150 Å². The van der Waals surface area contributed by atoms with Crippen molar-refractivity contribution >= 4 is 11.6 Å². The zero-order valence-corrected chi connectivity index (χ0v) is 14.9. The van der Waals surface area contributed by atoms with Crippen LogP contribution in [0.15, 0.2) is 18.2 Å². The second-order valence-electron chi connectivity index (χ2n) is 7.72. The lowest BCUT2D eigenvalue weighted by Crippen LogP contribution is -2.46. The second-order valence-corrected chi connectivity index (χ2v) is 7.72. The van der Waals surface area contributed by atoms with Crippen LogP contribution in [0.4, 0.5) is 5.69 Å². The predicted molar refractivity (Wildman–Crippen MR) is 98.8 cm³/mol. The van der Waals surface area contributed by atoms with Crippen molar-refractivity contribution in [3.63, 3.8) is 0 Å². The Morgan fingerprint density at radius 2 is 2.04 bits per heavy atom. The summed E-state index contributed by atoms with van der Waals surface area (Å²) in [6.45, 7) is 5.15. The number of hydrogen-bond donors (Lipinski definition) is 2. The van der Waals surface area contributed by atoms with Gasteiger partial charge in [0.2, 0.25) is 0 Å². The van der Waals surface area contributed by atoms with Crippen LogP contribution in [0.1, 0.15) is 48.0 Å². The molecule has 2 fully saturated rings. The fraction of sp³-hybridized carbons (Fsp3) is 0.650. The van der Waals surface area contributed by atoms with Gasteiger partial charge >= 0.3 is 0 Å². The Morgan fingerprint density at radius 1 is 1.20 bits per heavy atom. The standard InChI is InChI=1S/C20H29N3O2/c24-11-7-15-5-9-22(10-6-15)17-3-4-19-16(12-17)14-23(20(19)25)18-2-1-8-21-13-18/h3-4,12,15,18,21,24H,1-2,5-11,13-14H2. The molecule has 1 atom stereocenters. The highest BCUT2D eigenvalue weighted by Gasteiger charge is 2.33. The number of carbonyl (C=O) groups excluding carboxylic acids is 1. The van der Waals surface area contributed by atoms with Gasteiger partial charge in [0.1, 0.15) is 0 Å². The topological polar surface area (TPSA) is 55.8 Å². The van der Waals surface area contributed by atoms with Gasteiger partial charge in [-0.15, -0.1) is 0 Å². The molecule has 0 aliphatic carbocycles. The Bertz CT molecular complexity index is 619. The highest BCUT2D eigenvalue weighted by Crippen LogP contribution is 2.32. The molecule has 0 bridgehead atoms. The van der Waals surface area contributed by atoms with Gasteiger partial charge in [-0.05, 0) is 68.3 Å². The Balaban J connectivity index is 1.44. The van der Waals surface area contributed by atoms with Gasteiger partial charge < -0.3 is 20.2 Å². The summed E-state index contributed by atoms with van der Waals surface area (Å²) >= 11 is 0. The maximum atomic E-state index is 12.8. The Kier molecular flexibility index (Phi) is 4.95. The molecule has 2 N–H and O–H groups in total. The van der Waals surface area contributed by atoms with Gasteiger partial charge in [0, 0.05) is 50.1 Å². The predicted octanol–water partition coefficient (Wildman–Crippen LogP) is 1.99. The van der Waals surface area contributed by atoms with Gasteiger partial charge in [0.25, 0.3) is 5.91 Å². The number of piperidine rings is 2. The Hall–Kier alpha value is -1.59. The summed E-state index contributed by atoms with van der Waals surface area (Å²) in [4.78, 5) is 17.3. The molecule has 0 aromatic heterocycles. The average Bonchev–Trinajstić information content (AvgIpc) is 2.99. The van der Waals surface area contributed by atoms with Crippen molar-refractivity contribution in [3.05, 3.63) is 29.3 Å². The molecule has 0 saturated carbocycles. The maximum absolute atomic E-state index is 12.8. The number of aliphatic hydroxyl groups excluding tert-OH is 1. The molecule has 1 aromatic carbocycles. The van der Waals surface area contributed by atoms with Gasteiger partial charge in [0.15, 0.2) is 0 Å². The summed E-state index contributed by atoms with van der Waals surface area (Å²) in [5.41, 5.74) is 3.33. The number of aliphatic hydroxyl groups is 1. The van der Waals surface area contributed by atoms with Crippen LogP contribution in [-0.2, 0) is 6.54 Å². The van der Waals surface area contributed by atoms with Crippen molar-refractivity contribution in [2.24, 2.45) is 5.92 Å². The summed E-state index contributed by atoms with van der Waals surface area (Å²) in [5, 5.41) is 12.5. The number of nitrogens with one attached hydrogen (secondary N) is 1. The van der Waals surface area contributed by atoms with Gasteiger partial charge in [-0.1, -0.05) is 0 Å². The lowest BCUT2D eigenvalue weighted by atomic mass is 9.93. The fourth-order valence-electron chi connectivity index (χ4n) is 4.58. The molecular formula is C20H29N3O2. The van der Waals surface area contributed by atoms with E-state index >= 15 is 0 Å². The summed E-state index contributed by atoms with van der Waals surface area (Å²) in [6, 6.07) is 6.72. The molecule has 25 heavy (non-hydrogen) atoms. The van der Waals surface area contributed by atoms with Crippen LogP contribution in [0.3, 0.4) is 0 Å². The molecule has 3 aliphatic heterocycles. The van der Waals surface area contributed by atoms with Crippen LogP contribution in [0.25, 0.3) is 0 Å². The molecule has 1 unspecified atom stereocenters. The SMILES string of the molecule is O=C1c2ccc(N3CCC(CCO)CC3)cc2CN1C1CCCNC1. The quantitative estimate of drug-likeness (QED) is 0.878. The van der Waals surface area contributed by atoms with Crippen molar-refractivity contribution in [1.29, 1.82) is 0 Å². The van der Waals surface area contributed by atoms with E-state index in [-0.39, 0.29) is 5.91 Å². The molecule has 5 heteroatoms. The molecule has 136 valence electrons. The highest BCUT2D eigenvalue weighted by atomic mass is 16.3. The molecule has 5 nitrogen and oxygen atoms in total. The minimum absolute atomic E-state index is 0.205. The van der Waals surface area contributed by atoms with E-state index in [2.05, 4.69) is 27.2 Å². The lowest BCUT2D eigenvalue weighted by Gasteiger charge is -2.33. The zero-order valence-electron chi connectivity index (χ0n) is 14.9. The third kappa shape index (κ3) is 3.40. The number of benzene rings is 1. The van der Waals surface area contributed by atoms with Crippen LogP contribution in [-0.4, -0.2) is 54.7 Å². The molecule has 0 radical (unpaired) electrons. The van der Waals surface area contributed by atoms with Crippen molar-refractivity contribution in [3.8, 4) is 0 Å². The van der Waals surface area contributed by atoms with E-state index in [4.69, 9.17) is 5.11 Å². The minimum atomic E-state index is 0.205. The number of anilines is 1. The van der Waals surface area contributed by atoms with Gasteiger partial charge in [0.05, 0.1) is 0 Å². The summed E-state index contributed by atoms with van der Waals surface area (Å²) < 4.78 is 0. The number of hydrogen-bond acceptors (Lipinski definition) is 4. The zero-order chi connectivity index (χ0) is 17.2. The molecule has 1 aromatic rings. The number of carbonyl (C=O) groups is 1. The average molecular weight is 343 g/mol. The highest BCUT2D eigenvalue weighted by molar-refractivity contribution is 5.99. The fourth-order valence-corrected chi connectivity index (χ4v) is 4.58. The first-order valence-electron chi connectivity index (χ1n) is 9.76. The van der Waals surface area contributed by atoms with Crippen LogP contribution in [0.5, 0.6) is 0 Å². The Morgan fingerprint density at radius 3 is 2.76 bits per heavy atom. The number of amides is 1. The van der Waals surface area contributed by atoms with Crippen molar-refractivity contribution in [2.45, 2.75) is 44.7 Å².